The number of hydrogen-bond donors (Lipinski definition) is 1. The summed E-state index contributed by atoms with van der Waals surface area (Å²) in [4.78, 5) is 33.7. The molecule has 0 aliphatic rings. The van der Waals surface area contributed by atoms with Crippen LogP contribution in [0.4, 0.5) is 0 Å². The predicted octanol–water partition coefficient (Wildman–Crippen LogP) is 1.97. The third-order valence-corrected chi connectivity index (χ3v) is 3.39. The first kappa shape index (κ1) is 19.9. The highest BCUT2D eigenvalue weighted by Gasteiger charge is 2.37. The summed E-state index contributed by atoms with van der Waals surface area (Å²) in [5.74, 6) is -0.703. The van der Waals surface area contributed by atoms with Gasteiger partial charge in [-0.25, -0.2) is 10.5 Å². The average molecular weight is 301 g/mol. The predicted molar refractivity (Wildman–Crippen MR) is 80.6 cm³/mol. The number of hydroxylamine groups is 3. The van der Waals surface area contributed by atoms with Crippen molar-refractivity contribution in [2.75, 3.05) is 21.3 Å². The zero-order chi connectivity index (χ0) is 16.8. The van der Waals surface area contributed by atoms with E-state index in [9.17, 15) is 9.59 Å². The topological polar surface area (TPSA) is 67.9 Å². The van der Waals surface area contributed by atoms with Crippen molar-refractivity contribution < 1.29 is 19.3 Å². The van der Waals surface area contributed by atoms with Crippen molar-refractivity contribution in [2.45, 2.75) is 41.0 Å². The van der Waals surface area contributed by atoms with Crippen LogP contribution in [0.1, 0.15) is 41.0 Å². The quantitative estimate of drug-likeness (QED) is 0.730. The molecule has 0 aromatic carbocycles. The lowest BCUT2D eigenvalue weighted by Crippen LogP contribution is -2.41. The van der Waals surface area contributed by atoms with Crippen LogP contribution in [0.25, 0.3) is 0 Å². The maximum absolute atomic E-state index is 12.2. The molecule has 21 heavy (non-hydrogen) atoms. The zero-order valence-electron chi connectivity index (χ0n) is 14.4. The molecule has 0 aromatic rings. The maximum atomic E-state index is 12.2. The second kappa shape index (κ2) is 7.75. The van der Waals surface area contributed by atoms with Gasteiger partial charge in [0, 0.05) is 13.0 Å². The standard InChI is InChI=1S/C15H29N2O4/c1-14(2,3)11(13(19)16-20-7)9-15(4,5)10-12(18)17(6)21-8/h10-11H,9H2,1-8H3,(H,16,19). The summed E-state index contributed by atoms with van der Waals surface area (Å²) >= 11 is 0. The molecule has 0 rings (SSSR count). The summed E-state index contributed by atoms with van der Waals surface area (Å²) in [7, 11) is 4.39. The van der Waals surface area contributed by atoms with E-state index in [-0.39, 0.29) is 23.1 Å². The van der Waals surface area contributed by atoms with E-state index in [4.69, 9.17) is 9.68 Å². The number of nitrogens with one attached hydrogen (secondary N) is 1. The second-order valence-electron chi connectivity index (χ2n) is 6.94. The molecule has 1 atom stereocenters. The fourth-order valence-electron chi connectivity index (χ4n) is 2.06. The van der Waals surface area contributed by atoms with Gasteiger partial charge in [0.15, 0.2) is 0 Å². The normalized spacial score (nSPS) is 13.7. The van der Waals surface area contributed by atoms with Gasteiger partial charge < -0.3 is 0 Å². The Morgan fingerprint density at radius 2 is 1.71 bits per heavy atom. The van der Waals surface area contributed by atoms with E-state index in [1.54, 1.807) is 13.5 Å². The molecule has 0 saturated heterocycles. The van der Waals surface area contributed by atoms with E-state index < -0.39 is 5.41 Å². The first-order chi connectivity index (χ1) is 9.44. The fraction of sp³-hybridized carbons (Fsp3) is 0.800. The molecule has 0 saturated carbocycles. The average Bonchev–Trinajstić information content (AvgIpc) is 2.33. The summed E-state index contributed by atoms with van der Waals surface area (Å²) < 4.78 is 0. The molecule has 2 amide bonds. The van der Waals surface area contributed by atoms with Crippen molar-refractivity contribution in [2.24, 2.45) is 16.7 Å². The molecule has 0 bridgehead atoms. The van der Waals surface area contributed by atoms with E-state index in [2.05, 4.69) is 5.48 Å². The van der Waals surface area contributed by atoms with Gasteiger partial charge >= 0.3 is 0 Å². The van der Waals surface area contributed by atoms with Gasteiger partial charge in [-0.2, -0.15) is 0 Å². The lowest BCUT2D eigenvalue weighted by Gasteiger charge is -2.35. The van der Waals surface area contributed by atoms with Gasteiger partial charge in [0.25, 0.3) is 0 Å². The van der Waals surface area contributed by atoms with Crippen molar-refractivity contribution in [1.29, 1.82) is 0 Å². The molecular formula is C15H29N2O4. The first-order valence-electron chi connectivity index (χ1n) is 6.95. The van der Waals surface area contributed by atoms with Crippen LogP contribution in [0.15, 0.2) is 0 Å². The first-order valence-corrected chi connectivity index (χ1v) is 6.95. The number of nitrogens with zero attached hydrogens (tertiary/aromatic N) is 1. The minimum Gasteiger partial charge on any atom is -0.277 e. The largest absolute Gasteiger partial charge is 0.277 e. The molecule has 1 radical (unpaired) electrons. The van der Waals surface area contributed by atoms with E-state index in [1.807, 2.05) is 34.6 Å². The highest BCUT2D eigenvalue weighted by Crippen LogP contribution is 2.38. The van der Waals surface area contributed by atoms with Crippen LogP contribution in [0, 0.1) is 23.2 Å². The third kappa shape index (κ3) is 6.91. The van der Waals surface area contributed by atoms with Gasteiger partial charge in [-0.1, -0.05) is 34.6 Å². The van der Waals surface area contributed by atoms with Crippen LogP contribution in [0.3, 0.4) is 0 Å². The minimum absolute atomic E-state index is 0.181. The van der Waals surface area contributed by atoms with Gasteiger partial charge in [-0.15, -0.1) is 0 Å². The Morgan fingerprint density at radius 3 is 2.10 bits per heavy atom. The molecule has 0 aromatic heterocycles. The number of carbonyl (C=O) groups is 2. The van der Waals surface area contributed by atoms with Crippen LogP contribution in [-0.4, -0.2) is 38.1 Å². The lowest BCUT2D eigenvalue weighted by atomic mass is 9.70. The SMILES string of the molecule is CONC(=O)C(CC(C)(C)[CH]C(=O)N(C)OC)C(C)(C)C. The fourth-order valence-corrected chi connectivity index (χ4v) is 2.06. The summed E-state index contributed by atoms with van der Waals surface area (Å²) in [5.41, 5.74) is 1.69. The molecule has 0 aliphatic heterocycles. The second-order valence-corrected chi connectivity index (χ2v) is 6.94. The van der Waals surface area contributed by atoms with Crippen molar-refractivity contribution in [1.82, 2.24) is 10.5 Å². The van der Waals surface area contributed by atoms with Gasteiger partial charge in [0.1, 0.15) is 0 Å². The molecule has 6 heteroatoms. The third-order valence-electron chi connectivity index (χ3n) is 3.39. The highest BCUT2D eigenvalue weighted by molar-refractivity contribution is 5.85. The number of carbonyl (C=O) groups excluding carboxylic acids is 2. The summed E-state index contributed by atoms with van der Waals surface area (Å²) in [6, 6.07) is 0. The molecule has 1 unspecified atom stereocenters. The van der Waals surface area contributed by atoms with Crippen LogP contribution in [0.5, 0.6) is 0 Å². The molecule has 0 fully saturated rings. The number of hydrogen-bond acceptors (Lipinski definition) is 4. The molecule has 0 spiro atoms. The molecule has 0 heterocycles. The van der Waals surface area contributed by atoms with E-state index in [0.29, 0.717) is 6.42 Å². The van der Waals surface area contributed by atoms with E-state index in [0.717, 1.165) is 5.06 Å². The monoisotopic (exact) mass is 301 g/mol. The molecule has 0 aliphatic carbocycles. The lowest BCUT2D eigenvalue weighted by molar-refractivity contribution is -0.166. The Labute approximate surface area is 128 Å². The van der Waals surface area contributed by atoms with Crippen molar-refractivity contribution in [3.05, 3.63) is 6.42 Å². The number of amides is 2. The summed E-state index contributed by atoms with van der Waals surface area (Å²) in [5, 5.41) is 1.16. The van der Waals surface area contributed by atoms with Crippen molar-refractivity contribution in [3.63, 3.8) is 0 Å². The smallest absolute Gasteiger partial charge is 0.250 e. The van der Waals surface area contributed by atoms with Gasteiger partial charge in [-0.3, -0.25) is 19.3 Å². The highest BCUT2D eigenvalue weighted by atomic mass is 16.7. The summed E-state index contributed by atoms with van der Waals surface area (Å²) in [6.07, 6.45) is 2.10. The molecular weight excluding hydrogens is 272 g/mol. The van der Waals surface area contributed by atoms with Gasteiger partial charge in [0.2, 0.25) is 11.8 Å². The van der Waals surface area contributed by atoms with Crippen molar-refractivity contribution >= 4 is 11.8 Å². The maximum Gasteiger partial charge on any atom is 0.250 e. The minimum atomic E-state index is -0.451. The Bertz CT molecular complexity index is 361. The van der Waals surface area contributed by atoms with E-state index in [1.165, 1.54) is 14.2 Å². The van der Waals surface area contributed by atoms with Crippen LogP contribution >= 0.6 is 0 Å². The van der Waals surface area contributed by atoms with Crippen LogP contribution < -0.4 is 5.48 Å². The number of rotatable bonds is 7. The Hall–Kier alpha value is -1.14. The molecule has 1 N–H and O–H groups in total. The van der Waals surface area contributed by atoms with Crippen LogP contribution in [0.2, 0.25) is 0 Å². The molecule has 6 nitrogen and oxygen atoms in total. The molecule has 123 valence electrons. The van der Waals surface area contributed by atoms with Gasteiger partial charge in [0.05, 0.1) is 20.6 Å². The van der Waals surface area contributed by atoms with Crippen LogP contribution in [-0.2, 0) is 19.3 Å². The van der Waals surface area contributed by atoms with Crippen molar-refractivity contribution in [3.8, 4) is 0 Å². The Balaban J connectivity index is 4.98. The Kier molecular flexibility index (Phi) is 7.33. The summed E-state index contributed by atoms with van der Waals surface area (Å²) in [6.45, 7) is 9.82. The zero-order valence-corrected chi connectivity index (χ0v) is 14.4. The van der Waals surface area contributed by atoms with Gasteiger partial charge in [-0.05, 0) is 17.3 Å². The Morgan fingerprint density at radius 1 is 1.19 bits per heavy atom. The van der Waals surface area contributed by atoms with E-state index >= 15 is 0 Å².